The van der Waals surface area contributed by atoms with E-state index >= 15 is 0 Å². The number of benzene rings is 1. The molecule has 0 unspecified atom stereocenters. The predicted octanol–water partition coefficient (Wildman–Crippen LogP) is 3.46. The van der Waals surface area contributed by atoms with Crippen LogP contribution in [0.2, 0.25) is 0 Å². The van der Waals surface area contributed by atoms with E-state index in [2.05, 4.69) is 42.6 Å². The molecule has 1 fully saturated rings. The Morgan fingerprint density at radius 1 is 1.19 bits per heavy atom. The van der Waals surface area contributed by atoms with E-state index in [1.807, 2.05) is 18.2 Å². The molecule has 1 saturated heterocycles. The normalized spacial score (nSPS) is 19.1. The Bertz CT molecular complexity index is 872. The molecule has 1 aliphatic heterocycles. The molecular formula is C24H35N3O4. The van der Waals surface area contributed by atoms with Crippen LogP contribution in [0, 0.1) is 11.8 Å². The first-order chi connectivity index (χ1) is 14.8. The van der Waals surface area contributed by atoms with Gasteiger partial charge in [-0.25, -0.2) is 0 Å². The van der Waals surface area contributed by atoms with Gasteiger partial charge in [0.05, 0.1) is 19.9 Å². The Morgan fingerprint density at radius 3 is 2.65 bits per heavy atom. The molecule has 0 aliphatic carbocycles. The summed E-state index contributed by atoms with van der Waals surface area (Å²) in [6, 6.07) is 7.74. The third-order valence-electron chi connectivity index (χ3n) is 5.92. The Hall–Kier alpha value is -2.54. The predicted molar refractivity (Wildman–Crippen MR) is 119 cm³/mol. The lowest BCUT2D eigenvalue weighted by molar-refractivity contribution is -0.122. The number of carbonyl (C=O) groups is 1. The van der Waals surface area contributed by atoms with Gasteiger partial charge < -0.3 is 24.6 Å². The molecule has 0 saturated carbocycles. The standard InChI is InChI=1S/C24H35N3O4/c1-24(2,3)22-13-19(27-31-22)11-18-15-25-9-8-17(18)12-23(28)26-14-16-6-7-20(29-4)21(10-16)30-5/h6-7,10,13,17-18,25H,8-9,11-12,14-15H2,1-5H3,(H,26,28)/t17-,18-/m0/s1. The molecule has 170 valence electrons. The molecule has 2 atom stereocenters. The maximum atomic E-state index is 12.7. The number of ether oxygens (including phenoxy) is 2. The Balaban J connectivity index is 1.56. The van der Waals surface area contributed by atoms with Gasteiger partial charge in [-0.3, -0.25) is 4.79 Å². The summed E-state index contributed by atoms with van der Waals surface area (Å²) in [4.78, 5) is 12.7. The molecule has 2 aromatic rings. The molecule has 31 heavy (non-hydrogen) atoms. The minimum Gasteiger partial charge on any atom is -0.493 e. The van der Waals surface area contributed by atoms with Crippen molar-refractivity contribution in [3.8, 4) is 11.5 Å². The molecule has 0 radical (unpaired) electrons. The van der Waals surface area contributed by atoms with Crippen LogP contribution in [-0.2, 0) is 23.2 Å². The number of nitrogens with one attached hydrogen (secondary N) is 2. The summed E-state index contributed by atoms with van der Waals surface area (Å²) in [5.41, 5.74) is 1.89. The average Bonchev–Trinajstić information content (AvgIpc) is 3.22. The molecule has 2 N–H and O–H groups in total. The van der Waals surface area contributed by atoms with Crippen molar-refractivity contribution in [2.45, 2.75) is 52.0 Å². The summed E-state index contributed by atoms with van der Waals surface area (Å²) in [6.45, 7) is 8.65. The van der Waals surface area contributed by atoms with Gasteiger partial charge in [-0.1, -0.05) is 32.0 Å². The van der Waals surface area contributed by atoms with Gasteiger partial charge in [0.25, 0.3) is 0 Å². The lowest BCUT2D eigenvalue weighted by atomic mass is 9.81. The fraction of sp³-hybridized carbons (Fsp3) is 0.583. The van der Waals surface area contributed by atoms with E-state index in [0.29, 0.717) is 36.3 Å². The zero-order chi connectivity index (χ0) is 22.4. The maximum Gasteiger partial charge on any atom is 0.220 e. The van der Waals surface area contributed by atoms with Gasteiger partial charge in [0, 0.05) is 24.4 Å². The molecule has 1 aliphatic rings. The lowest BCUT2D eigenvalue weighted by Gasteiger charge is -2.31. The van der Waals surface area contributed by atoms with E-state index in [9.17, 15) is 4.79 Å². The van der Waals surface area contributed by atoms with Crippen molar-refractivity contribution in [3.05, 3.63) is 41.3 Å². The zero-order valence-corrected chi connectivity index (χ0v) is 19.3. The van der Waals surface area contributed by atoms with Crippen LogP contribution in [0.4, 0.5) is 0 Å². The number of amides is 1. The molecule has 7 nitrogen and oxygen atoms in total. The molecule has 1 amide bonds. The van der Waals surface area contributed by atoms with Gasteiger partial charge in [-0.15, -0.1) is 0 Å². The van der Waals surface area contributed by atoms with Crippen molar-refractivity contribution >= 4 is 5.91 Å². The lowest BCUT2D eigenvalue weighted by Crippen LogP contribution is -2.40. The first-order valence-electron chi connectivity index (χ1n) is 10.9. The van der Waals surface area contributed by atoms with E-state index < -0.39 is 0 Å². The van der Waals surface area contributed by atoms with Crippen molar-refractivity contribution in [3.63, 3.8) is 0 Å². The van der Waals surface area contributed by atoms with Crippen LogP contribution in [0.5, 0.6) is 11.5 Å². The summed E-state index contributed by atoms with van der Waals surface area (Å²) < 4.78 is 16.1. The molecule has 1 aromatic heterocycles. The second-order valence-electron chi connectivity index (χ2n) is 9.32. The molecule has 0 spiro atoms. The maximum absolute atomic E-state index is 12.7. The van der Waals surface area contributed by atoms with Gasteiger partial charge in [-0.2, -0.15) is 0 Å². The highest BCUT2D eigenvalue weighted by molar-refractivity contribution is 5.76. The van der Waals surface area contributed by atoms with E-state index in [4.69, 9.17) is 14.0 Å². The third kappa shape index (κ3) is 6.23. The van der Waals surface area contributed by atoms with E-state index in [0.717, 1.165) is 42.9 Å². The fourth-order valence-corrected chi connectivity index (χ4v) is 4.02. The average molecular weight is 430 g/mol. The number of methoxy groups -OCH3 is 2. The van der Waals surface area contributed by atoms with Gasteiger partial charge in [-0.05, 0) is 55.5 Å². The number of rotatable bonds is 8. The second kappa shape index (κ2) is 10.2. The van der Waals surface area contributed by atoms with Crippen LogP contribution in [-0.4, -0.2) is 38.4 Å². The summed E-state index contributed by atoms with van der Waals surface area (Å²) in [6.07, 6.45) is 2.32. The first-order valence-corrected chi connectivity index (χ1v) is 10.9. The molecule has 3 rings (SSSR count). The number of aromatic nitrogens is 1. The highest BCUT2D eigenvalue weighted by Gasteiger charge is 2.29. The second-order valence-corrected chi connectivity index (χ2v) is 9.32. The van der Waals surface area contributed by atoms with Crippen molar-refractivity contribution < 1.29 is 18.8 Å². The van der Waals surface area contributed by atoms with Crippen LogP contribution < -0.4 is 20.1 Å². The smallest absolute Gasteiger partial charge is 0.220 e. The van der Waals surface area contributed by atoms with Crippen molar-refractivity contribution in [1.29, 1.82) is 0 Å². The quantitative estimate of drug-likeness (QED) is 0.668. The zero-order valence-electron chi connectivity index (χ0n) is 19.3. The summed E-state index contributed by atoms with van der Waals surface area (Å²) >= 11 is 0. The highest BCUT2D eigenvalue weighted by Crippen LogP contribution is 2.29. The topological polar surface area (TPSA) is 85.6 Å². The number of nitrogens with zero attached hydrogens (tertiary/aromatic N) is 1. The number of piperidine rings is 1. The SMILES string of the molecule is COc1ccc(CNC(=O)C[C@@H]2CCNC[C@@H]2Cc2cc(C(C)(C)C)on2)cc1OC. The van der Waals surface area contributed by atoms with E-state index in [1.54, 1.807) is 14.2 Å². The van der Waals surface area contributed by atoms with Gasteiger partial charge in [0.1, 0.15) is 5.76 Å². The van der Waals surface area contributed by atoms with Crippen LogP contribution in [0.15, 0.2) is 28.8 Å². The van der Waals surface area contributed by atoms with Crippen molar-refractivity contribution in [2.75, 3.05) is 27.3 Å². The van der Waals surface area contributed by atoms with E-state index in [1.165, 1.54) is 0 Å². The molecule has 2 heterocycles. The van der Waals surface area contributed by atoms with Crippen LogP contribution in [0.25, 0.3) is 0 Å². The minimum atomic E-state index is -0.0561. The third-order valence-corrected chi connectivity index (χ3v) is 5.92. The molecule has 7 heteroatoms. The monoisotopic (exact) mass is 429 g/mol. The first kappa shape index (κ1) is 23.1. The van der Waals surface area contributed by atoms with Crippen molar-refractivity contribution in [2.24, 2.45) is 11.8 Å². The number of hydrogen-bond donors (Lipinski definition) is 2. The van der Waals surface area contributed by atoms with E-state index in [-0.39, 0.29) is 11.3 Å². The number of hydrogen-bond acceptors (Lipinski definition) is 6. The van der Waals surface area contributed by atoms with Crippen LogP contribution >= 0.6 is 0 Å². The molecule has 0 bridgehead atoms. The number of carbonyl (C=O) groups excluding carboxylic acids is 1. The van der Waals surface area contributed by atoms with Gasteiger partial charge in [0.15, 0.2) is 11.5 Å². The Morgan fingerprint density at radius 2 is 1.97 bits per heavy atom. The largest absolute Gasteiger partial charge is 0.493 e. The van der Waals surface area contributed by atoms with Crippen LogP contribution in [0.3, 0.4) is 0 Å². The van der Waals surface area contributed by atoms with Crippen LogP contribution in [0.1, 0.15) is 50.6 Å². The Kier molecular flexibility index (Phi) is 7.59. The summed E-state index contributed by atoms with van der Waals surface area (Å²) in [5.74, 6) is 2.99. The fourth-order valence-electron chi connectivity index (χ4n) is 4.02. The van der Waals surface area contributed by atoms with Gasteiger partial charge in [0.2, 0.25) is 5.91 Å². The Labute approximate surface area is 184 Å². The highest BCUT2D eigenvalue weighted by atomic mass is 16.5. The minimum absolute atomic E-state index is 0.0561. The molecule has 1 aromatic carbocycles. The summed E-state index contributed by atoms with van der Waals surface area (Å²) in [7, 11) is 3.22. The van der Waals surface area contributed by atoms with Gasteiger partial charge >= 0.3 is 0 Å². The van der Waals surface area contributed by atoms with Crippen molar-refractivity contribution in [1.82, 2.24) is 15.8 Å². The summed E-state index contributed by atoms with van der Waals surface area (Å²) in [5, 5.41) is 10.8. The molecular weight excluding hydrogens is 394 g/mol.